The van der Waals surface area contributed by atoms with E-state index in [-0.39, 0.29) is 16.3 Å². The molecule has 19 heavy (non-hydrogen) atoms. The lowest BCUT2D eigenvalue weighted by molar-refractivity contribution is 0.459. The number of benzene rings is 2. The molecule has 0 aromatic heterocycles. The summed E-state index contributed by atoms with van der Waals surface area (Å²) in [5.74, 6) is -0.944. The van der Waals surface area contributed by atoms with Gasteiger partial charge in [-0.2, -0.15) is 0 Å². The van der Waals surface area contributed by atoms with Crippen LogP contribution in [0.25, 0.3) is 0 Å². The predicted molar refractivity (Wildman–Crippen MR) is 73.0 cm³/mol. The molecule has 0 aliphatic heterocycles. The normalized spacial score (nSPS) is 11.3. The number of halogens is 2. The maximum Gasteiger partial charge on any atom is 0.265 e. The van der Waals surface area contributed by atoms with Gasteiger partial charge >= 0.3 is 0 Å². The number of rotatable bonds is 3. The number of aromatic hydroxyl groups is 1. The van der Waals surface area contributed by atoms with Gasteiger partial charge < -0.3 is 5.11 Å². The number of phenols is 1. The second-order valence-electron chi connectivity index (χ2n) is 3.70. The lowest BCUT2D eigenvalue weighted by Gasteiger charge is -2.10. The molecule has 100 valence electrons. The Morgan fingerprint density at radius 1 is 1.16 bits per heavy atom. The van der Waals surface area contributed by atoms with Crippen molar-refractivity contribution in [1.29, 1.82) is 0 Å². The highest BCUT2D eigenvalue weighted by atomic mass is 79.9. The molecular formula is C12H9BrFNO3S. The minimum atomic E-state index is -3.98. The summed E-state index contributed by atoms with van der Waals surface area (Å²) in [6, 6.07) is 9.13. The SMILES string of the molecule is O=S(=O)(Nc1cc(F)ccc1Br)c1ccccc1O. The van der Waals surface area contributed by atoms with Gasteiger partial charge in [-0.3, -0.25) is 4.72 Å². The van der Waals surface area contributed by atoms with Gasteiger partial charge in [0, 0.05) is 4.47 Å². The number of hydrogen-bond acceptors (Lipinski definition) is 3. The molecule has 0 heterocycles. The third kappa shape index (κ3) is 3.05. The molecule has 0 saturated carbocycles. The predicted octanol–water partition coefficient (Wildman–Crippen LogP) is 3.09. The zero-order valence-electron chi connectivity index (χ0n) is 9.47. The molecular weight excluding hydrogens is 337 g/mol. The van der Waals surface area contributed by atoms with Gasteiger partial charge in [0.2, 0.25) is 0 Å². The van der Waals surface area contributed by atoms with Gasteiger partial charge in [0.15, 0.2) is 0 Å². The number of nitrogens with one attached hydrogen (secondary N) is 1. The molecule has 0 bridgehead atoms. The Kier molecular flexibility index (Phi) is 3.77. The Morgan fingerprint density at radius 2 is 1.84 bits per heavy atom. The van der Waals surface area contributed by atoms with Crippen LogP contribution >= 0.6 is 15.9 Å². The van der Waals surface area contributed by atoms with Crippen LogP contribution in [-0.2, 0) is 10.0 Å². The van der Waals surface area contributed by atoms with Gasteiger partial charge in [-0.05, 0) is 46.3 Å². The molecule has 4 nitrogen and oxygen atoms in total. The van der Waals surface area contributed by atoms with Crippen LogP contribution in [0.4, 0.5) is 10.1 Å². The number of anilines is 1. The largest absolute Gasteiger partial charge is 0.507 e. The Hall–Kier alpha value is -1.60. The smallest absolute Gasteiger partial charge is 0.265 e. The fraction of sp³-hybridized carbons (Fsp3) is 0. The first-order chi connectivity index (χ1) is 8.90. The van der Waals surface area contributed by atoms with Crippen molar-refractivity contribution < 1.29 is 17.9 Å². The van der Waals surface area contributed by atoms with Crippen LogP contribution in [0.5, 0.6) is 5.75 Å². The summed E-state index contributed by atoms with van der Waals surface area (Å²) < 4.78 is 39.8. The molecule has 0 spiro atoms. The quantitative estimate of drug-likeness (QED) is 0.898. The molecule has 0 amide bonds. The summed E-state index contributed by atoms with van der Waals surface area (Å²) in [6.07, 6.45) is 0. The van der Waals surface area contributed by atoms with Gasteiger partial charge in [0.25, 0.3) is 10.0 Å². The Morgan fingerprint density at radius 3 is 2.53 bits per heavy atom. The average molecular weight is 346 g/mol. The van der Waals surface area contributed by atoms with E-state index in [2.05, 4.69) is 20.7 Å². The maximum absolute atomic E-state index is 13.1. The molecule has 0 atom stereocenters. The van der Waals surface area contributed by atoms with E-state index in [1.165, 1.54) is 36.4 Å². The van der Waals surface area contributed by atoms with E-state index in [1.807, 2.05) is 0 Å². The first-order valence-electron chi connectivity index (χ1n) is 5.16. The van der Waals surface area contributed by atoms with E-state index >= 15 is 0 Å². The lowest BCUT2D eigenvalue weighted by Crippen LogP contribution is -2.13. The van der Waals surface area contributed by atoms with Crippen LogP contribution in [0.3, 0.4) is 0 Å². The van der Waals surface area contributed by atoms with Gasteiger partial charge in [-0.1, -0.05) is 12.1 Å². The monoisotopic (exact) mass is 345 g/mol. The first kappa shape index (κ1) is 13.8. The molecule has 7 heteroatoms. The Balaban J connectivity index is 2.43. The molecule has 0 unspecified atom stereocenters. The van der Waals surface area contributed by atoms with Crippen LogP contribution < -0.4 is 4.72 Å². The van der Waals surface area contributed by atoms with Crippen molar-refractivity contribution in [1.82, 2.24) is 0 Å². The molecule has 0 radical (unpaired) electrons. The Bertz CT molecular complexity index is 719. The third-order valence-corrected chi connectivity index (χ3v) is 4.43. The maximum atomic E-state index is 13.1. The van der Waals surface area contributed by atoms with Crippen molar-refractivity contribution in [3.63, 3.8) is 0 Å². The minimum Gasteiger partial charge on any atom is -0.507 e. The third-order valence-electron chi connectivity index (χ3n) is 2.33. The van der Waals surface area contributed by atoms with Gasteiger partial charge in [0.1, 0.15) is 16.5 Å². The van der Waals surface area contributed by atoms with Gasteiger partial charge in [0.05, 0.1) is 5.69 Å². The lowest BCUT2D eigenvalue weighted by atomic mass is 10.3. The van der Waals surface area contributed by atoms with Crippen molar-refractivity contribution >= 4 is 31.6 Å². The van der Waals surface area contributed by atoms with Crippen LogP contribution in [0.15, 0.2) is 51.8 Å². The zero-order valence-corrected chi connectivity index (χ0v) is 11.9. The van der Waals surface area contributed by atoms with Crippen molar-refractivity contribution in [2.24, 2.45) is 0 Å². The van der Waals surface area contributed by atoms with E-state index < -0.39 is 15.8 Å². The highest BCUT2D eigenvalue weighted by Crippen LogP contribution is 2.28. The molecule has 0 fully saturated rings. The van der Waals surface area contributed by atoms with E-state index in [0.29, 0.717) is 4.47 Å². The fourth-order valence-electron chi connectivity index (χ4n) is 1.46. The van der Waals surface area contributed by atoms with Crippen LogP contribution in [-0.4, -0.2) is 13.5 Å². The highest BCUT2D eigenvalue weighted by Gasteiger charge is 2.19. The minimum absolute atomic E-state index is 0.0586. The molecule has 2 rings (SSSR count). The second kappa shape index (κ2) is 5.18. The summed E-state index contributed by atoms with van der Waals surface area (Å²) in [5.41, 5.74) is 0.0586. The van der Waals surface area contributed by atoms with E-state index in [9.17, 15) is 17.9 Å². The highest BCUT2D eigenvalue weighted by molar-refractivity contribution is 9.10. The van der Waals surface area contributed by atoms with E-state index in [4.69, 9.17) is 0 Å². The topological polar surface area (TPSA) is 66.4 Å². The number of phenolic OH excluding ortho intramolecular Hbond substituents is 1. The zero-order chi connectivity index (χ0) is 14.0. The standard InChI is InChI=1S/C12H9BrFNO3S/c13-9-6-5-8(14)7-10(9)15-19(17,18)12-4-2-1-3-11(12)16/h1-7,15-16H. The molecule has 2 aromatic carbocycles. The first-order valence-corrected chi connectivity index (χ1v) is 7.43. The van der Waals surface area contributed by atoms with Crippen LogP contribution in [0, 0.1) is 5.82 Å². The van der Waals surface area contributed by atoms with Crippen LogP contribution in [0.1, 0.15) is 0 Å². The number of sulfonamides is 1. The van der Waals surface area contributed by atoms with E-state index in [0.717, 1.165) is 6.07 Å². The second-order valence-corrected chi connectivity index (χ2v) is 6.20. The summed E-state index contributed by atoms with van der Waals surface area (Å²) in [5, 5.41) is 9.54. The molecule has 0 saturated heterocycles. The molecule has 2 N–H and O–H groups in total. The van der Waals surface area contributed by atoms with Crippen LogP contribution in [0.2, 0.25) is 0 Å². The fourth-order valence-corrected chi connectivity index (χ4v) is 3.11. The Labute approximate surface area is 118 Å². The number of hydrogen-bond donors (Lipinski definition) is 2. The van der Waals surface area contributed by atoms with Crippen molar-refractivity contribution in [2.45, 2.75) is 4.90 Å². The molecule has 0 aliphatic carbocycles. The number of para-hydroxylation sites is 1. The van der Waals surface area contributed by atoms with Crippen molar-refractivity contribution in [3.8, 4) is 5.75 Å². The summed E-state index contributed by atoms with van der Waals surface area (Å²) in [4.78, 5) is -0.272. The van der Waals surface area contributed by atoms with Gasteiger partial charge in [-0.25, -0.2) is 12.8 Å². The summed E-state index contributed by atoms with van der Waals surface area (Å²) in [6.45, 7) is 0. The molecule has 2 aromatic rings. The van der Waals surface area contributed by atoms with Crippen molar-refractivity contribution in [3.05, 3.63) is 52.8 Å². The summed E-state index contributed by atoms with van der Waals surface area (Å²) in [7, 11) is -3.98. The average Bonchev–Trinajstić information content (AvgIpc) is 2.34. The van der Waals surface area contributed by atoms with Crippen molar-refractivity contribution in [2.75, 3.05) is 4.72 Å². The molecule has 0 aliphatic rings. The summed E-state index contributed by atoms with van der Waals surface area (Å²) >= 11 is 3.12. The van der Waals surface area contributed by atoms with Gasteiger partial charge in [-0.15, -0.1) is 0 Å². The van der Waals surface area contributed by atoms with E-state index in [1.54, 1.807) is 0 Å².